The number of ether oxygens (including phenoxy) is 1. The molecule has 34 heavy (non-hydrogen) atoms. The summed E-state index contributed by atoms with van der Waals surface area (Å²) in [6.07, 6.45) is 6.09. The Labute approximate surface area is 207 Å². The molecule has 3 fully saturated rings. The Hall–Kier alpha value is -2.70. The first-order valence-corrected chi connectivity index (χ1v) is 12.1. The average Bonchev–Trinajstić information content (AvgIpc) is 3.38. The maximum Gasteiger partial charge on any atom is 0.396 e. The smallest absolute Gasteiger partial charge is 0.396 e. The van der Waals surface area contributed by atoms with Crippen LogP contribution < -0.4 is 0 Å². The second-order valence-electron chi connectivity index (χ2n) is 9.19. The van der Waals surface area contributed by atoms with Gasteiger partial charge in [-0.05, 0) is 56.1 Å². The first-order valence-electron chi connectivity index (χ1n) is 12.1. The van der Waals surface area contributed by atoms with Gasteiger partial charge in [0.05, 0.1) is 12.0 Å². The van der Waals surface area contributed by atoms with Gasteiger partial charge in [-0.1, -0.05) is 60.7 Å². The van der Waals surface area contributed by atoms with Crippen LogP contribution in [0.5, 0.6) is 0 Å². The van der Waals surface area contributed by atoms with Crippen LogP contribution in [-0.2, 0) is 10.2 Å². The zero-order valence-corrected chi connectivity index (χ0v) is 20.4. The molecule has 1 saturated carbocycles. The average molecular weight is 482 g/mol. The molecule has 0 spiro atoms. The van der Waals surface area contributed by atoms with E-state index in [2.05, 4.69) is 39.4 Å². The molecule has 6 nitrogen and oxygen atoms in total. The van der Waals surface area contributed by atoms with Crippen LogP contribution in [0.1, 0.15) is 66.7 Å². The predicted molar refractivity (Wildman–Crippen MR) is 132 cm³/mol. The van der Waals surface area contributed by atoms with Crippen LogP contribution in [0, 0.1) is 5.92 Å². The number of carbonyl (C=O) groups is 1. The molecule has 3 aromatic rings. The number of piperidine rings is 2. The van der Waals surface area contributed by atoms with Crippen molar-refractivity contribution in [2.24, 2.45) is 5.92 Å². The summed E-state index contributed by atoms with van der Waals surface area (Å²) in [6.45, 7) is 4.13. The molecule has 0 N–H and O–H groups in total. The van der Waals surface area contributed by atoms with Crippen molar-refractivity contribution in [3.8, 4) is 0 Å². The van der Waals surface area contributed by atoms with E-state index in [0.29, 0.717) is 11.9 Å². The summed E-state index contributed by atoms with van der Waals surface area (Å²) in [5.74, 6) is 0.571. The third-order valence-corrected chi connectivity index (χ3v) is 7.37. The fourth-order valence-electron chi connectivity index (χ4n) is 5.68. The van der Waals surface area contributed by atoms with Crippen molar-refractivity contribution in [3.05, 3.63) is 83.6 Å². The van der Waals surface area contributed by atoms with Gasteiger partial charge in [0.15, 0.2) is 0 Å². The molecule has 0 radical (unpaired) electrons. The van der Waals surface area contributed by atoms with Gasteiger partial charge in [0.2, 0.25) is 5.89 Å². The summed E-state index contributed by atoms with van der Waals surface area (Å²) in [5.41, 5.74) is 1.51. The summed E-state index contributed by atoms with van der Waals surface area (Å²) in [5, 5.41) is 8.50. The Morgan fingerprint density at radius 1 is 1.00 bits per heavy atom. The third-order valence-electron chi connectivity index (χ3n) is 7.37. The second kappa shape index (κ2) is 10.7. The van der Waals surface area contributed by atoms with Crippen LogP contribution in [-0.4, -0.2) is 46.8 Å². The van der Waals surface area contributed by atoms with E-state index in [-0.39, 0.29) is 24.9 Å². The first kappa shape index (κ1) is 24.4. The van der Waals surface area contributed by atoms with Crippen LogP contribution >= 0.6 is 12.4 Å². The van der Waals surface area contributed by atoms with Crippen molar-refractivity contribution in [2.75, 3.05) is 19.7 Å². The quantitative estimate of drug-likeness (QED) is 0.408. The van der Waals surface area contributed by atoms with E-state index in [1.54, 1.807) is 6.92 Å². The van der Waals surface area contributed by atoms with Gasteiger partial charge in [0, 0.05) is 19.1 Å². The Kier molecular flexibility index (Phi) is 7.69. The minimum atomic E-state index is -0.656. The topological polar surface area (TPSA) is 68.5 Å². The number of nitrogens with zero attached hydrogens (tertiary/aromatic N) is 3. The maximum absolute atomic E-state index is 12.3. The van der Waals surface area contributed by atoms with Gasteiger partial charge in [-0.2, -0.15) is 0 Å². The molecule has 6 rings (SSSR count). The predicted octanol–water partition coefficient (Wildman–Crippen LogP) is 5.27. The van der Waals surface area contributed by atoms with E-state index in [4.69, 9.17) is 9.15 Å². The van der Waals surface area contributed by atoms with Crippen LogP contribution in [0.4, 0.5) is 0 Å². The van der Waals surface area contributed by atoms with Crippen LogP contribution in [0.15, 0.2) is 65.1 Å². The molecule has 2 aromatic carbocycles. The lowest BCUT2D eigenvalue weighted by Crippen LogP contribution is -2.49. The summed E-state index contributed by atoms with van der Waals surface area (Å²) >= 11 is 0. The molecule has 7 heteroatoms. The van der Waals surface area contributed by atoms with Gasteiger partial charge in [-0.3, -0.25) is 0 Å². The van der Waals surface area contributed by atoms with Crippen LogP contribution in [0.25, 0.3) is 0 Å². The first-order chi connectivity index (χ1) is 16.2. The Morgan fingerprint density at radius 3 is 2.15 bits per heavy atom. The van der Waals surface area contributed by atoms with Crippen molar-refractivity contribution >= 4 is 18.4 Å². The summed E-state index contributed by atoms with van der Waals surface area (Å²) < 4.78 is 11.2. The van der Waals surface area contributed by atoms with E-state index in [1.165, 1.54) is 32.2 Å². The molecule has 3 heterocycles. The lowest BCUT2D eigenvalue weighted by atomic mass is 9.71. The largest absolute Gasteiger partial charge is 0.459 e. The van der Waals surface area contributed by atoms with E-state index < -0.39 is 11.4 Å². The van der Waals surface area contributed by atoms with Crippen molar-refractivity contribution < 1.29 is 13.9 Å². The number of esters is 1. The summed E-state index contributed by atoms with van der Waals surface area (Å²) in [6, 6.07) is 21.3. The number of hydrogen-bond acceptors (Lipinski definition) is 6. The molecule has 2 aliphatic heterocycles. The van der Waals surface area contributed by atoms with Gasteiger partial charge >= 0.3 is 11.9 Å². The van der Waals surface area contributed by atoms with Gasteiger partial charge in [-0.15, -0.1) is 22.6 Å². The zero-order chi connectivity index (χ0) is 22.7. The van der Waals surface area contributed by atoms with Gasteiger partial charge in [0.25, 0.3) is 0 Å². The Bertz CT molecular complexity index is 1030. The normalized spacial score (nSPS) is 20.0. The number of carbonyl (C=O) groups excluding carboxylic acids is 1. The molecule has 0 atom stereocenters. The highest BCUT2D eigenvalue weighted by Gasteiger charge is 2.43. The minimum Gasteiger partial charge on any atom is -0.459 e. The van der Waals surface area contributed by atoms with E-state index in [0.717, 1.165) is 30.0 Å². The molecule has 2 bridgehead atoms. The minimum absolute atomic E-state index is 0. The van der Waals surface area contributed by atoms with Crippen molar-refractivity contribution in [1.82, 2.24) is 15.1 Å². The number of rotatable bonds is 8. The highest BCUT2D eigenvalue weighted by Crippen LogP contribution is 2.43. The van der Waals surface area contributed by atoms with Gasteiger partial charge < -0.3 is 14.1 Å². The molecule has 3 aliphatic rings. The second-order valence-corrected chi connectivity index (χ2v) is 9.19. The number of benzene rings is 2. The highest BCUT2D eigenvalue weighted by atomic mass is 35.5. The maximum atomic E-state index is 12.3. The highest BCUT2D eigenvalue weighted by molar-refractivity contribution is 5.85. The molecule has 2 saturated heterocycles. The Morgan fingerprint density at radius 2 is 1.62 bits per heavy atom. The van der Waals surface area contributed by atoms with Crippen molar-refractivity contribution in [1.29, 1.82) is 0 Å². The SMILES string of the molecule is CCOC(=O)c1nnc(C(CCN2CC3CCC2CC3)(c2ccccc2)c2ccccc2)o1.Cl. The monoisotopic (exact) mass is 481 g/mol. The van der Waals surface area contributed by atoms with E-state index in [1.807, 2.05) is 36.4 Å². The Balaban J connectivity index is 0.00000274. The molecular formula is C27H32ClN3O3. The molecule has 180 valence electrons. The number of aromatic nitrogens is 2. The zero-order valence-electron chi connectivity index (χ0n) is 19.6. The van der Waals surface area contributed by atoms with Crippen molar-refractivity contribution in [2.45, 2.75) is 50.5 Å². The van der Waals surface area contributed by atoms with E-state index >= 15 is 0 Å². The summed E-state index contributed by atoms with van der Waals surface area (Å²) in [4.78, 5) is 15.0. The number of hydrogen-bond donors (Lipinski definition) is 0. The van der Waals surface area contributed by atoms with E-state index in [9.17, 15) is 4.79 Å². The van der Waals surface area contributed by atoms with Crippen LogP contribution in [0.2, 0.25) is 0 Å². The molecule has 0 unspecified atom stereocenters. The fraction of sp³-hybridized carbons (Fsp3) is 0.444. The number of halogens is 1. The lowest BCUT2D eigenvalue weighted by molar-refractivity contribution is 0.0437. The van der Waals surface area contributed by atoms with Crippen LogP contribution in [0.3, 0.4) is 0 Å². The molecule has 1 aromatic heterocycles. The lowest BCUT2D eigenvalue weighted by Gasteiger charge is -2.46. The standard InChI is InChI=1S/C27H31N3O3.ClH/c1-2-32-25(31)24-28-29-26(33-24)27(21-9-5-3-6-10-21,22-11-7-4-8-12-22)17-18-30-19-20-13-15-23(30)16-14-20;/h3-12,20,23H,2,13-19H2,1H3;1H. The molecule has 1 aliphatic carbocycles. The number of fused-ring (bicyclic) bond motifs is 3. The van der Waals surface area contributed by atoms with Crippen molar-refractivity contribution in [3.63, 3.8) is 0 Å². The third kappa shape index (κ3) is 4.62. The molecule has 0 amide bonds. The fourth-order valence-corrected chi connectivity index (χ4v) is 5.68. The van der Waals surface area contributed by atoms with Gasteiger partial charge in [-0.25, -0.2) is 4.79 Å². The molecular weight excluding hydrogens is 450 g/mol. The summed E-state index contributed by atoms with van der Waals surface area (Å²) in [7, 11) is 0. The van der Waals surface area contributed by atoms with Gasteiger partial charge in [0.1, 0.15) is 0 Å².